The van der Waals surface area contributed by atoms with Crippen LogP contribution < -0.4 is 10.2 Å². The van der Waals surface area contributed by atoms with Crippen LogP contribution in [0.1, 0.15) is 0 Å². The minimum Gasteiger partial charge on any atom is -0.504 e. The summed E-state index contributed by atoms with van der Waals surface area (Å²) in [5, 5.41) is 29.5. The molecule has 19 heavy (non-hydrogen) atoms. The van der Waals surface area contributed by atoms with Crippen molar-refractivity contribution in [1.29, 1.82) is 0 Å². The Morgan fingerprint density at radius 3 is 2.74 bits per heavy atom. The fourth-order valence-electron chi connectivity index (χ4n) is 2.10. The molecule has 7 nitrogen and oxygen atoms in total. The molecule has 1 aromatic carbocycles. The number of aromatic nitrogens is 3. The summed E-state index contributed by atoms with van der Waals surface area (Å²) in [6, 6.07) is 4.75. The molecule has 0 saturated carbocycles. The third-order valence-electron chi connectivity index (χ3n) is 3.14. The van der Waals surface area contributed by atoms with Gasteiger partial charge in [0.25, 0.3) is 0 Å². The van der Waals surface area contributed by atoms with E-state index in [1.54, 1.807) is 12.1 Å². The number of phenolic OH excluding ortho intramolecular Hbond substituents is 2. The van der Waals surface area contributed by atoms with Gasteiger partial charge in [-0.1, -0.05) is 6.07 Å². The number of piperazine rings is 1. The van der Waals surface area contributed by atoms with E-state index in [1.165, 1.54) is 6.07 Å². The number of para-hydroxylation sites is 1. The van der Waals surface area contributed by atoms with E-state index >= 15 is 0 Å². The third kappa shape index (κ3) is 2.19. The Kier molecular flexibility index (Phi) is 2.96. The lowest BCUT2D eigenvalue weighted by molar-refractivity contribution is 0.405. The van der Waals surface area contributed by atoms with Crippen molar-refractivity contribution in [2.75, 3.05) is 31.1 Å². The van der Waals surface area contributed by atoms with Crippen LogP contribution in [0.3, 0.4) is 0 Å². The highest BCUT2D eigenvalue weighted by molar-refractivity contribution is 5.68. The summed E-state index contributed by atoms with van der Waals surface area (Å²) in [5.41, 5.74) is 0.439. The van der Waals surface area contributed by atoms with Crippen LogP contribution in [-0.2, 0) is 0 Å². The van der Waals surface area contributed by atoms with Crippen LogP contribution in [0.5, 0.6) is 11.5 Å². The van der Waals surface area contributed by atoms with Crippen molar-refractivity contribution in [2.24, 2.45) is 0 Å². The van der Waals surface area contributed by atoms with Gasteiger partial charge in [-0.05, 0) is 12.1 Å². The number of benzene rings is 1. The summed E-state index contributed by atoms with van der Waals surface area (Å²) in [7, 11) is 0. The fraction of sp³-hybridized carbons (Fsp3) is 0.333. The number of hydrogen-bond donors (Lipinski definition) is 4. The molecule has 1 aliphatic heterocycles. The van der Waals surface area contributed by atoms with Crippen molar-refractivity contribution in [3.8, 4) is 22.9 Å². The Bertz CT molecular complexity index is 577. The molecule has 0 unspecified atom stereocenters. The van der Waals surface area contributed by atoms with E-state index in [-0.39, 0.29) is 11.5 Å². The van der Waals surface area contributed by atoms with E-state index in [1.807, 2.05) is 0 Å². The van der Waals surface area contributed by atoms with E-state index in [0.29, 0.717) is 17.3 Å². The minimum atomic E-state index is -0.189. The molecule has 1 aromatic heterocycles. The first-order valence-corrected chi connectivity index (χ1v) is 6.15. The van der Waals surface area contributed by atoms with Crippen molar-refractivity contribution < 1.29 is 10.2 Å². The van der Waals surface area contributed by atoms with Gasteiger partial charge in [0, 0.05) is 26.2 Å². The van der Waals surface area contributed by atoms with Crippen LogP contribution in [0, 0.1) is 0 Å². The van der Waals surface area contributed by atoms with Crippen molar-refractivity contribution in [2.45, 2.75) is 0 Å². The number of anilines is 1. The molecule has 1 fully saturated rings. The second-order valence-electron chi connectivity index (χ2n) is 4.39. The predicted octanol–water partition coefficient (Wildman–Crippen LogP) is 0.292. The van der Waals surface area contributed by atoms with Gasteiger partial charge in [0.05, 0.1) is 5.56 Å². The maximum absolute atomic E-state index is 9.81. The topological polar surface area (TPSA) is 97.3 Å². The molecule has 0 atom stereocenters. The molecule has 2 aromatic rings. The molecule has 1 aliphatic rings. The lowest BCUT2D eigenvalue weighted by atomic mass is 10.2. The number of nitrogens with zero attached hydrogens (tertiary/aromatic N) is 3. The first-order valence-electron chi connectivity index (χ1n) is 6.15. The zero-order chi connectivity index (χ0) is 13.2. The summed E-state index contributed by atoms with van der Waals surface area (Å²) in [6.07, 6.45) is 0. The standard InChI is InChI=1S/C12H15N5O2/c18-9-3-1-2-8(10(9)19)11-14-12(16-15-11)17-6-4-13-5-7-17/h1-3,13,18-19H,4-7H2,(H,14,15,16). The average molecular weight is 261 g/mol. The number of hydrogen-bond acceptors (Lipinski definition) is 6. The molecule has 7 heteroatoms. The Labute approximate surface area is 109 Å². The molecule has 0 spiro atoms. The van der Waals surface area contributed by atoms with Crippen LogP contribution in [0.25, 0.3) is 11.4 Å². The van der Waals surface area contributed by atoms with Crippen molar-refractivity contribution in [3.05, 3.63) is 18.2 Å². The van der Waals surface area contributed by atoms with Crippen LogP contribution in [0.15, 0.2) is 18.2 Å². The first-order chi connectivity index (χ1) is 9.25. The normalized spacial score (nSPS) is 15.7. The van der Waals surface area contributed by atoms with E-state index in [2.05, 4.69) is 25.4 Å². The van der Waals surface area contributed by atoms with Crippen molar-refractivity contribution in [3.63, 3.8) is 0 Å². The molecule has 100 valence electrons. The highest BCUT2D eigenvalue weighted by Gasteiger charge is 2.17. The zero-order valence-corrected chi connectivity index (χ0v) is 10.3. The summed E-state index contributed by atoms with van der Waals surface area (Å²) in [5.74, 6) is 0.698. The molecule has 2 heterocycles. The second kappa shape index (κ2) is 4.77. The lowest BCUT2D eigenvalue weighted by Gasteiger charge is -2.25. The van der Waals surface area contributed by atoms with Gasteiger partial charge < -0.3 is 20.4 Å². The molecular weight excluding hydrogens is 246 g/mol. The number of rotatable bonds is 2. The Morgan fingerprint density at radius 1 is 1.16 bits per heavy atom. The largest absolute Gasteiger partial charge is 0.504 e. The molecule has 0 aliphatic carbocycles. The number of aromatic hydroxyl groups is 2. The molecule has 0 bridgehead atoms. The van der Waals surface area contributed by atoms with Gasteiger partial charge in [-0.2, -0.15) is 4.98 Å². The second-order valence-corrected chi connectivity index (χ2v) is 4.39. The van der Waals surface area contributed by atoms with Gasteiger partial charge in [-0.3, -0.25) is 5.10 Å². The lowest BCUT2D eigenvalue weighted by Crippen LogP contribution is -2.44. The molecular formula is C12H15N5O2. The minimum absolute atomic E-state index is 0.169. The summed E-state index contributed by atoms with van der Waals surface area (Å²) >= 11 is 0. The monoisotopic (exact) mass is 261 g/mol. The molecule has 1 saturated heterocycles. The van der Waals surface area contributed by atoms with Gasteiger partial charge in [0.2, 0.25) is 5.95 Å². The predicted molar refractivity (Wildman–Crippen MR) is 70.2 cm³/mol. The Balaban J connectivity index is 1.90. The molecule has 4 N–H and O–H groups in total. The van der Waals surface area contributed by atoms with Gasteiger partial charge in [-0.15, -0.1) is 5.10 Å². The van der Waals surface area contributed by atoms with E-state index in [0.717, 1.165) is 26.2 Å². The zero-order valence-electron chi connectivity index (χ0n) is 10.3. The van der Waals surface area contributed by atoms with Crippen LogP contribution in [0.4, 0.5) is 5.95 Å². The summed E-state index contributed by atoms with van der Waals surface area (Å²) < 4.78 is 0. The van der Waals surface area contributed by atoms with Crippen LogP contribution in [-0.4, -0.2) is 51.6 Å². The number of nitrogens with one attached hydrogen (secondary N) is 2. The van der Waals surface area contributed by atoms with Crippen molar-refractivity contribution >= 4 is 5.95 Å². The summed E-state index contributed by atoms with van der Waals surface area (Å²) in [4.78, 5) is 6.43. The van der Waals surface area contributed by atoms with Gasteiger partial charge in [0.15, 0.2) is 17.3 Å². The number of H-pyrrole nitrogens is 1. The van der Waals surface area contributed by atoms with Crippen LogP contribution in [0.2, 0.25) is 0 Å². The molecule has 0 radical (unpaired) electrons. The number of aromatic amines is 1. The van der Waals surface area contributed by atoms with E-state index in [4.69, 9.17) is 0 Å². The Morgan fingerprint density at radius 2 is 1.95 bits per heavy atom. The quantitative estimate of drug-likeness (QED) is 0.580. The maximum atomic E-state index is 9.81. The molecule has 3 rings (SSSR count). The smallest absolute Gasteiger partial charge is 0.245 e. The number of phenols is 2. The van der Waals surface area contributed by atoms with E-state index < -0.39 is 0 Å². The van der Waals surface area contributed by atoms with Gasteiger partial charge >= 0.3 is 0 Å². The highest BCUT2D eigenvalue weighted by atomic mass is 16.3. The van der Waals surface area contributed by atoms with Gasteiger partial charge in [-0.25, -0.2) is 0 Å². The highest BCUT2D eigenvalue weighted by Crippen LogP contribution is 2.34. The maximum Gasteiger partial charge on any atom is 0.245 e. The molecule has 0 amide bonds. The van der Waals surface area contributed by atoms with Gasteiger partial charge in [0.1, 0.15) is 0 Å². The average Bonchev–Trinajstić information content (AvgIpc) is 2.92. The summed E-state index contributed by atoms with van der Waals surface area (Å²) in [6.45, 7) is 3.51. The SMILES string of the molecule is Oc1cccc(-c2nc(N3CCNCC3)n[nH]2)c1O. The fourth-order valence-corrected chi connectivity index (χ4v) is 2.10. The third-order valence-corrected chi connectivity index (χ3v) is 3.14. The van der Waals surface area contributed by atoms with E-state index in [9.17, 15) is 10.2 Å². The van der Waals surface area contributed by atoms with Crippen molar-refractivity contribution in [1.82, 2.24) is 20.5 Å². The van der Waals surface area contributed by atoms with Crippen LogP contribution >= 0.6 is 0 Å². The first kappa shape index (κ1) is 11.8. The Hall–Kier alpha value is -2.28.